The zero-order valence-electron chi connectivity index (χ0n) is 11.0. The molecule has 1 saturated carbocycles. The third kappa shape index (κ3) is 2.32. The Bertz CT molecular complexity index is 386. The van der Waals surface area contributed by atoms with Gasteiger partial charge in [-0.3, -0.25) is 0 Å². The normalized spacial score (nSPS) is 29.6. The van der Waals surface area contributed by atoms with Gasteiger partial charge in [0.2, 0.25) is 0 Å². The average Bonchev–Trinajstić information content (AvgIpc) is 2.54. The zero-order valence-corrected chi connectivity index (χ0v) is 11.0. The molecule has 1 aromatic carbocycles. The number of hydrogen-bond donors (Lipinski definition) is 2. The molecule has 1 atom stereocenters. The number of aliphatic hydroxyl groups is 1. The van der Waals surface area contributed by atoms with Crippen LogP contribution < -0.4 is 5.32 Å². The highest BCUT2D eigenvalue weighted by Gasteiger charge is 2.30. The highest BCUT2D eigenvalue weighted by Crippen LogP contribution is 2.38. The minimum absolute atomic E-state index is 0.609. The minimum atomic E-state index is -0.609. The Hall–Kier alpha value is -0.860. The second-order valence-corrected chi connectivity index (χ2v) is 5.88. The van der Waals surface area contributed by atoms with Crippen LogP contribution in [0.3, 0.4) is 0 Å². The molecule has 0 bridgehead atoms. The summed E-state index contributed by atoms with van der Waals surface area (Å²) >= 11 is 0. The second kappa shape index (κ2) is 5.02. The largest absolute Gasteiger partial charge is 0.385 e. The summed E-state index contributed by atoms with van der Waals surface area (Å²) in [6, 6.07) is 8.77. The summed E-state index contributed by atoms with van der Waals surface area (Å²) in [4.78, 5) is 0. The van der Waals surface area contributed by atoms with Gasteiger partial charge in [-0.1, -0.05) is 30.7 Å². The molecule has 0 amide bonds. The standard InChI is InChI=1S/C16H23NO/c18-16(9-2-11-17-12-10-16)15-7-5-14(6-8-15)13-3-1-4-13/h5-8,13,17-18H,1-4,9-12H2. The molecule has 1 unspecified atom stereocenters. The molecule has 2 nitrogen and oxygen atoms in total. The molecule has 1 aromatic rings. The molecule has 18 heavy (non-hydrogen) atoms. The molecule has 1 aliphatic carbocycles. The van der Waals surface area contributed by atoms with Gasteiger partial charge >= 0.3 is 0 Å². The first-order valence-corrected chi connectivity index (χ1v) is 7.31. The predicted molar refractivity (Wildman–Crippen MR) is 73.7 cm³/mol. The van der Waals surface area contributed by atoms with Crippen LogP contribution in [0.5, 0.6) is 0 Å². The molecule has 0 aromatic heterocycles. The van der Waals surface area contributed by atoms with Crippen LogP contribution in [0, 0.1) is 0 Å². The minimum Gasteiger partial charge on any atom is -0.385 e. The molecule has 2 fully saturated rings. The summed E-state index contributed by atoms with van der Waals surface area (Å²) in [7, 11) is 0. The smallest absolute Gasteiger partial charge is 0.0909 e. The molecule has 2 heteroatoms. The van der Waals surface area contributed by atoms with Gasteiger partial charge in [0, 0.05) is 0 Å². The Morgan fingerprint density at radius 1 is 1.00 bits per heavy atom. The van der Waals surface area contributed by atoms with Crippen LogP contribution in [0.1, 0.15) is 55.6 Å². The van der Waals surface area contributed by atoms with Gasteiger partial charge < -0.3 is 10.4 Å². The number of rotatable bonds is 2. The monoisotopic (exact) mass is 245 g/mol. The number of hydrogen-bond acceptors (Lipinski definition) is 2. The molecule has 3 rings (SSSR count). The van der Waals surface area contributed by atoms with Gasteiger partial charge in [-0.25, -0.2) is 0 Å². The van der Waals surface area contributed by atoms with E-state index in [-0.39, 0.29) is 0 Å². The molecular formula is C16H23NO. The first-order chi connectivity index (χ1) is 8.78. The fourth-order valence-corrected chi connectivity index (χ4v) is 3.15. The van der Waals surface area contributed by atoms with Crippen LogP contribution in [0.25, 0.3) is 0 Å². The maximum absolute atomic E-state index is 10.8. The molecule has 1 heterocycles. The Kier molecular flexibility index (Phi) is 3.40. The topological polar surface area (TPSA) is 32.3 Å². The van der Waals surface area contributed by atoms with Gasteiger partial charge in [0.25, 0.3) is 0 Å². The van der Waals surface area contributed by atoms with Crippen LogP contribution >= 0.6 is 0 Å². The lowest BCUT2D eigenvalue weighted by Crippen LogP contribution is -2.27. The van der Waals surface area contributed by atoms with E-state index in [2.05, 4.69) is 29.6 Å². The molecule has 2 N–H and O–H groups in total. The van der Waals surface area contributed by atoms with E-state index in [1.807, 2.05) is 0 Å². The van der Waals surface area contributed by atoms with Crippen molar-refractivity contribution in [2.45, 2.75) is 50.0 Å². The van der Waals surface area contributed by atoms with Gasteiger partial charge in [-0.2, -0.15) is 0 Å². The molecule has 0 radical (unpaired) electrons. The van der Waals surface area contributed by atoms with E-state index in [0.29, 0.717) is 0 Å². The first kappa shape index (κ1) is 12.2. The Balaban J connectivity index is 1.77. The third-order valence-corrected chi connectivity index (χ3v) is 4.68. The van der Waals surface area contributed by atoms with Crippen molar-refractivity contribution in [3.63, 3.8) is 0 Å². The zero-order chi connectivity index (χ0) is 12.4. The molecule has 1 saturated heterocycles. The van der Waals surface area contributed by atoms with Crippen LogP contribution in [0.15, 0.2) is 24.3 Å². The number of nitrogens with one attached hydrogen (secondary N) is 1. The Labute approximate surface area is 109 Å². The van der Waals surface area contributed by atoms with E-state index in [1.165, 1.54) is 24.8 Å². The van der Waals surface area contributed by atoms with Crippen molar-refractivity contribution < 1.29 is 5.11 Å². The van der Waals surface area contributed by atoms with Crippen molar-refractivity contribution in [3.8, 4) is 0 Å². The lowest BCUT2D eigenvalue weighted by atomic mass is 9.79. The van der Waals surface area contributed by atoms with E-state index < -0.39 is 5.60 Å². The van der Waals surface area contributed by atoms with Gasteiger partial charge in [-0.15, -0.1) is 0 Å². The van der Waals surface area contributed by atoms with Gasteiger partial charge in [0.1, 0.15) is 0 Å². The highest BCUT2D eigenvalue weighted by molar-refractivity contribution is 5.30. The summed E-state index contributed by atoms with van der Waals surface area (Å²) in [6.45, 7) is 1.95. The van der Waals surface area contributed by atoms with Crippen molar-refractivity contribution in [1.82, 2.24) is 5.32 Å². The maximum Gasteiger partial charge on any atom is 0.0909 e. The molecular weight excluding hydrogens is 222 g/mol. The second-order valence-electron chi connectivity index (χ2n) is 5.88. The summed E-state index contributed by atoms with van der Waals surface area (Å²) in [5.74, 6) is 0.782. The van der Waals surface area contributed by atoms with Crippen molar-refractivity contribution in [1.29, 1.82) is 0 Å². The molecule has 2 aliphatic rings. The van der Waals surface area contributed by atoms with E-state index >= 15 is 0 Å². The van der Waals surface area contributed by atoms with E-state index in [1.54, 1.807) is 0 Å². The van der Waals surface area contributed by atoms with Crippen LogP contribution in [-0.4, -0.2) is 18.2 Å². The lowest BCUT2D eigenvalue weighted by molar-refractivity contribution is 0.0240. The summed E-state index contributed by atoms with van der Waals surface area (Å²) < 4.78 is 0. The highest BCUT2D eigenvalue weighted by atomic mass is 16.3. The van der Waals surface area contributed by atoms with Crippen molar-refractivity contribution in [2.75, 3.05) is 13.1 Å². The fourth-order valence-electron chi connectivity index (χ4n) is 3.15. The summed E-state index contributed by atoms with van der Waals surface area (Å²) in [6.07, 6.45) is 6.82. The quantitative estimate of drug-likeness (QED) is 0.839. The van der Waals surface area contributed by atoms with E-state index in [9.17, 15) is 5.11 Å². The van der Waals surface area contributed by atoms with Gasteiger partial charge in [-0.05, 0) is 62.2 Å². The molecule has 1 aliphatic heterocycles. The van der Waals surface area contributed by atoms with Crippen molar-refractivity contribution in [3.05, 3.63) is 35.4 Å². The van der Waals surface area contributed by atoms with Crippen molar-refractivity contribution >= 4 is 0 Å². The summed E-state index contributed by atoms with van der Waals surface area (Å²) in [5.41, 5.74) is 1.95. The van der Waals surface area contributed by atoms with Crippen molar-refractivity contribution in [2.24, 2.45) is 0 Å². The van der Waals surface area contributed by atoms with Gasteiger partial charge in [0.05, 0.1) is 5.60 Å². The van der Waals surface area contributed by atoms with E-state index in [0.717, 1.165) is 43.8 Å². The SMILES string of the molecule is OC1(c2ccc(C3CCC3)cc2)CCCNCC1. The third-order valence-electron chi connectivity index (χ3n) is 4.68. The number of benzene rings is 1. The predicted octanol–water partition coefficient (Wildman–Crippen LogP) is 2.92. The van der Waals surface area contributed by atoms with Crippen LogP contribution in [-0.2, 0) is 5.60 Å². The van der Waals surface area contributed by atoms with Gasteiger partial charge in [0.15, 0.2) is 0 Å². The summed E-state index contributed by atoms with van der Waals surface area (Å²) in [5, 5.41) is 14.1. The molecule has 98 valence electrons. The van der Waals surface area contributed by atoms with Crippen LogP contribution in [0.2, 0.25) is 0 Å². The first-order valence-electron chi connectivity index (χ1n) is 7.31. The van der Waals surface area contributed by atoms with E-state index in [4.69, 9.17) is 0 Å². The fraction of sp³-hybridized carbons (Fsp3) is 0.625. The Morgan fingerprint density at radius 3 is 2.44 bits per heavy atom. The van der Waals surface area contributed by atoms with Crippen LogP contribution in [0.4, 0.5) is 0 Å². The Morgan fingerprint density at radius 2 is 1.78 bits per heavy atom. The lowest BCUT2D eigenvalue weighted by Gasteiger charge is -2.29. The average molecular weight is 245 g/mol. The maximum atomic E-state index is 10.8. The molecule has 0 spiro atoms.